The number of ketones is 1. The van der Waals surface area contributed by atoms with E-state index in [1.807, 2.05) is 45.0 Å². The van der Waals surface area contributed by atoms with Gasteiger partial charge in [0.2, 0.25) is 5.78 Å². The summed E-state index contributed by atoms with van der Waals surface area (Å²) in [4.78, 5) is 22.0. The standard InChI is InChI=1S/C14H17BrO3/c1-9(10-6-4-5-7-11(10)15)14(2,3)8-12(16)13(17)18/h4-7,9H,8H2,1-3H3,(H,17,18). The van der Waals surface area contributed by atoms with E-state index >= 15 is 0 Å². The van der Waals surface area contributed by atoms with Gasteiger partial charge in [0, 0.05) is 10.9 Å². The summed E-state index contributed by atoms with van der Waals surface area (Å²) >= 11 is 3.48. The maximum atomic E-state index is 11.4. The predicted octanol–water partition coefficient (Wildman–Crippen LogP) is 3.62. The van der Waals surface area contributed by atoms with Gasteiger partial charge in [-0.1, -0.05) is 54.9 Å². The minimum atomic E-state index is -1.36. The quantitative estimate of drug-likeness (QED) is 0.845. The summed E-state index contributed by atoms with van der Waals surface area (Å²) in [6.45, 7) is 5.84. The van der Waals surface area contributed by atoms with Gasteiger partial charge in [-0.2, -0.15) is 0 Å². The summed E-state index contributed by atoms with van der Waals surface area (Å²) in [5, 5.41) is 8.69. The molecule has 1 atom stereocenters. The van der Waals surface area contributed by atoms with Crippen LogP contribution in [0.15, 0.2) is 28.7 Å². The van der Waals surface area contributed by atoms with Crippen molar-refractivity contribution in [2.45, 2.75) is 33.1 Å². The molecule has 0 aliphatic heterocycles. The molecule has 18 heavy (non-hydrogen) atoms. The number of hydrogen-bond acceptors (Lipinski definition) is 2. The summed E-state index contributed by atoms with van der Waals surface area (Å²) in [7, 11) is 0. The van der Waals surface area contributed by atoms with Crippen LogP contribution in [0.2, 0.25) is 0 Å². The van der Waals surface area contributed by atoms with E-state index in [0.717, 1.165) is 10.0 Å². The minimum absolute atomic E-state index is 0.0326. The molecular weight excluding hydrogens is 296 g/mol. The molecule has 0 radical (unpaired) electrons. The van der Waals surface area contributed by atoms with Gasteiger partial charge in [0.05, 0.1) is 0 Å². The fourth-order valence-corrected chi connectivity index (χ4v) is 2.52. The fraction of sp³-hybridized carbons (Fsp3) is 0.429. The van der Waals surface area contributed by atoms with Crippen LogP contribution in [0.3, 0.4) is 0 Å². The Morgan fingerprint density at radius 1 is 1.33 bits per heavy atom. The lowest BCUT2D eigenvalue weighted by Gasteiger charge is -2.31. The van der Waals surface area contributed by atoms with Crippen LogP contribution in [0.25, 0.3) is 0 Å². The van der Waals surface area contributed by atoms with Crippen molar-refractivity contribution in [1.29, 1.82) is 0 Å². The second-order valence-electron chi connectivity index (χ2n) is 5.14. The molecule has 0 aromatic heterocycles. The lowest BCUT2D eigenvalue weighted by atomic mass is 9.73. The Morgan fingerprint density at radius 2 is 1.89 bits per heavy atom. The Morgan fingerprint density at radius 3 is 2.39 bits per heavy atom. The Balaban J connectivity index is 2.95. The highest BCUT2D eigenvalue weighted by molar-refractivity contribution is 9.10. The van der Waals surface area contributed by atoms with Gasteiger partial charge in [-0.15, -0.1) is 0 Å². The zero-order valence-corrected chi connectivity index (χ0v) is 12.3. The number of carbonyl (C=O) groups excluding carboxylic acids is 1. The zero-order valence-electron chi connectivity index (χ0n) is 10.7. The average Bonchev–Trinajstić information content (AvgIpc) is 2.28. The molecule has 0 saturated heterocycles. The Bertz CT molecular complexity index is 466. The van der Waals surface area contributed by atoms with E-state index in [-0.39, 0.29) is 12.3 Å². The summed E-state index contributed by atoms with van der Waals surface area (Å²) in [6, 6.07) is 7.80. The SMILES string of the molecule is CC(c1ccccc1Br)C(C)(C)CC(=O)C(=O)O. The van der Waals surface area contributed by atoms with Crippen molar-refractivity contribution in [3.8, 4) is 0 Å². The number of hydrogen-bond donors (Lipinski definition) is 1. The molecule has 0 aliphatic carbocycles. The second-order valence-corrected chi connectivity index (χ2v) is 5.99. The molecule has 1 rings (SSSR count). The highest BCUT2D eigenvalue weighted by atomic mass is 79.9. The van der Waals surface area contributed by atoms with Crippen molar-refractivity contribution in [1.82, 2.24) is 0 Å². The molecule has 4 heteroatoms. The van der Waals surface area contributed by atoms with Gasteiger partial charge >= 0.3 is 5.97 Å². The van der Waals surface area contributed by atoms with Gasteiger partial charge in [-0.05, 0) is 23.0 Å². The molecule has 0 fully saturated rings. The van der Waals surface area contributed by atoms with Crippen LogP contribution < -0.4 is 0 Å². The van der Waals surface area contributed by atoms with Crippen molar-refractivity contribution < 1.29 is 14.7 Å². The zero-order chi connectivity index (χ0) is 13.9. The van der Waals surface area contributed by atoms with Gasteiger partial charge in [-0.3, -0.25) is 4.79 Å². The monoisotopic (exact) mass is 312 g/mol. The topological polar surface area (TPSA) is 54.4 Å². The third-order valence-corrected chi connectivity index (χ3v) is 4.12. The molecule has 0 aliphatic rings. The van der Waals surface area contributed by atoms with Crippen LogP contribution >= 0.6 is 15.9 Å². The highest BCUT2D eigenvalue weighted by Crippen LogP contribution is 2.40. The normalized spacial score (nSPS) is 13.1. The Labute approximate surface area is 115 Å². The summed E-state index contributed by atoms with van der Waals surface area (Å²) in [5.41, 5.74) is 0.681. The fourth-order valence-electron chi connectivity index (χ4n) is 1.89. The van der Waals surface area contributed by atoms with Crippen LogP contribution in [-0.4, -0.2) is 16.9 Å². The van der Waals surface area contributed by atoms with Gasteiger partial charge in [0.1, 0.15) is 0 Å². The molecule has 1 unspecified atom stereocenters. The van der Waals surface area contributed by atoms with Gasteiger partial charge < -0.3 is 5.11 Å². The molecule has 0 bridgehead atoms. The summed E-state index contributed by atoms with van der Waals surface area (Å²) in [5.74, 6) is -2.02. The average molecular weight is 313 g/mol. The van der Waals surface area contributed by atoms with Crippen LogP contribution in [0.5, 0.6) is 0 Å². The number of carboxylic acids is 1. The first-order valence-corrected chi connectivity index (χ1v) is 6.55. The van der Waals surface area contributed by atoms with Gasteiger partial charge in [0.15, 0.2) is 0 Å². The number of carbonyl (C=O) groups is 2. The number of aliphatic carboxylic acids is 1. The van der Waals surface area contributed by atoms with Crippen molar-refractivity contribution in [2.24, 2.45) is 5.41 Å². The lowest BCUT2D eigenvalue weighted by molar-refractivity contribution is -0.150. The van der Waals surface area contributed by atoms with Crippen molar-refractivity contribution in [3.63, 3.8) is 0 Å². The molecule has 0 saturated carbocycles. The minimum Gasteiger partial charge on any atom is -0.476 e. The van der Waals surface area contributed by atoms with Gasteiger partial charge in [-0.25, -0.2) is 4.79 Å². The number of rotatable bonds is 5. The van der Waals surface area contributed by atoms with E-state index in [0.29, 0.717) is 0 Å². The van der Waals surface area contributed by atoms with E-state index in [2.05, 4.69) is 15.9 Å². The number of carboxylic acid groups (broad SMARTS) is 1. The van der Waals surface area contributed by atoms with Crippen molar-refractivity contribution in [3.05, 3.63) is 34.3 Å². The van der Waals surface area contributed by atoms with Crippen LogP contribution in [0.4, 0.5) is 0 Å². The van der Waals surface area contributed by atoms with Crippen LogP contribution in [0, 0.1) is 5.41 Å². The number of benzene rings is 1. The molecule has 1 N–H and O–H groups in total. The molecule has 0 spiro atoms. The summed E-state index contributed by atoms with van der Waals surface area (Å²) < 4.78 is 0.980. The maximum Gasteiger partial charge on any atom is 0.372 e. The second kappa shape index (κ2) is 5.65. The Kier molecular flexibility index (Phi) is 4.68. The molecule has 3 nitrogen and oxygen atoms in total. The first kappa shape index (κ1) is 14.9. The van der Waals surface area contributed by atoms with E-state index in [4.69, 9.17) is 5.11 Å². The third kappa shape index (κ3) is 3.42. The Hall–Kier alpha value is -1.16. The van der Waals surface area contributed by atoms with Gasteiger partial charge in [0.25, 0.3) is 0 Å². The molecule has 0 amide bonds. The van der Waals surface area contributed by atoms with E-state index in [9.17, 15) is 9.59 Å². The maximum absolute atomic E-state index is 11.4. The van der Waals surface area contributed by atoms with E-state index < -0.39 is 17.2 Å². The first-order chi connectivity index (χ1) is 8.25. The largest absolute Gasteiger partial charge is 0.476 e. The lowest BCUT2D eigenvalue weighted by Crippen LogP contribution is -2.27. The smallest absolute Gasteiger partial charge is 0.372 e. The molecule has 98 valence electrons. The number of Topliss-reactive ketones (excluding diaryl/α,β-unsaturated/α-hetero) is 1. The molecular formula is C14H17BrO3. The first-order valence-electron chi connectivity index (χ1n) is 5.76. The third-order valence-electron chi connectivity index (χ3n) is 3.40. The van der Waals surface area contributed by atoms with Crippen molar-refractivity contribution >= 4 is 27.7 Å². The number of halogens is 1. The summed E-state index contributed by atoms with van der Waals surface area (Å²) in [6.07, 6.45) is 0.0326. The van der Waals surface area contributed by atoms with E-state index in [1.165, 1.54) is 0 Å². The van der Waals surface area contributed by atoms with Crippen LogP contribution in [-0.2, 0) is 9.59 Å². The molecule has 0 heterocycles. The van der Waals surface area contributed by atoms with Crippen LogP contribution in [0.1, 0.15) is 38.7 Å². The van der Waals surface area contributed by atoms with E-state index in [1.54, 1.807) is 0 Å². The predicted molar refractivity (Wildman–Crippen MR) is 73.6 cm³/mol. The molecule has 1 aromatic rings. The highest BCUT2D eigenvalue weighted by Gasteiger charge is 2.32. The van der Waals surface area contributed by atoms with Crippen molar-refractivity contribution in [2.75, 3.05) is 0 Å². The molecule has 1 aromatic carbocycles.